The van der Waals surface area contributed by atoms with Crippen molar-refractivity contribution in [3.8, 4) is 11.5 Å². The summed E-state index contributed by atoms with van der Waals surface area (Å²) in [5.41, 5.74) is 3.13. The number of para-hydroxylation sites is 1. The molecule has 1 heterocycles. The predicted molar refractivity (Wildman–Crippen MR) is 85.9 cm³/mol. The van der Waals surface area contributed by atoms with Gasteiger partial charge in [0.05, 0.1) is 12.7 Å². The van der Waals surface area contributed by atoms with Crippen LogP contribution in [0, 0.1) is 0 Å². The number of ether oxygens (including phenoxy) is 1. The lowest BCUT2D eigenvalue weighted by atomic mass is 10.0. The van der Waals surface area contributed by atoms with Crippen LogP contribution in [-0.2, 0) is 6.42 Å². The van der Waals surface area contributed by atoms with Gasteiger partial charge in [-0.1, -0.05) is 12.1 Å². The fourth-order valence-corrected chi connectivity index (χ4v) is 2.69. The first kappa shape index (κ1) is 14.3. The number of amides is 1. The molecule has 0 aromatic heterocycles. The molecule has 1 aliphatic heterocycles. The molecule has 0 radical (unpaired) electrons. The first-order chi connectivity index (χ1) is 10.7. The number of methoxy groups -OCH3 is 1. The lowest BCUT2D eigenvalue weighted by Gasteiger charge is -2.21. The van der Waals surface area contributed by atoms with E-state index in [1.807, 2.05) is 18.2 Å². The number of fused-ring (bicyclic) bond motifs is 1. The number of nitrogens with one attached hydrogen (secondary N) is 2. The third-order valence-corrected chi connectivity index (χ3v) is 3.81. The quantitative estimate of drug-likeness (QED) is 0.814. The zero-order valence-electron chi connectivity index (χ0n) is 12.3. The summed E-state index contributed by atoms with van der Waals surface area (Å²) in [6.45, 7) is 0.946. The van der Waals surface area contributed by atoms with Gasteiger partial charge >= 0.3 is 0 Å². The Balaban J connectivity index is 1.89. The first-order valence-corrected chi connectivity index (χ1v) is 7.24. The van der Waals surface area contributed by atoms with Gasteiger partial charge in [-0.2, -0.15) is 0 Å². The molecule has 5 heteroatoms. The highest BCUT2D eigenvalue weighted by Gasteiger charge is 2.18. The van der Waals surface area contributed by atoms with Crippen molar-refractivity contribution in [1.82, 2.24) is 0 Å². The molecule has 0 spiro atoms. The van der Waals surface area contributed by atoms with Gasteiger partial charge in [0.2, 0.25) is 0 Å². The maximum Gasteiger partial charge on any atom is 0.259 e. The molecule has 1 amide bonds. The Bertz CT molecular complexity index is 713. The van der Waals surface area contributed by atoms with E-state index in [0.717, 1.165) is 36.3 Å². The summed E-state index contributed by atoms with van der Waals surface area (Å²) in [7, 11) is 1.45. The predicted octanol–water partition coefficient (Wildman–Crippen LogP) is 3.01. The highest BCUT2D eigenvalue weighted by atomic mass is 16.5. The SMILES string of the molecule is COc1cccc(C(=O)Nc2cccc3c2CCCN3)c1O. The minimum atomic E-state index is -0.352. The highest BCUT2D eigenvalue weighted by Crippen LogP contribution is 2.32. The molecule has 0 saturated carbocycles. The molecule has 5 nitrogen and oxygen atoms in total. The van der Waals surface area contributed by atoms with Gasteiger partial charge in [0.1, 0.15) is 0 Å². The van der Waals surface area contributed by atoms with E-state index in [0.29, 0.717) is 0 Å². The van der Waals surface area contributed by atoms with Crippen LogP contribution < -0.4 is 15.4 Å². The number of rotatable bonds is 3. The van der Waals surface area contributed by atoms with Crippen molar-refractivity contribution in [1.29, 1.82) is 0 Å². The topological polar surface area (TPSA) is 70.6 Å². The Kier molecular flexibility index (Phi) is 3.87. The lowest BCUT2D eigenvalue weighted by molar-refractivity contribution is 0.102. The summed E-state index contributed by atoms with van der Waals surface area (Å²) in [6, 6.07) is 10.6. The Labute approximate surface area is 128 Å². The van der Waals surface area contributed by atoms with E-state index >= 15 is 0 Å². The average Bonchev–Trinajstić information content (AvgIpc) is 2.55. The van der Waals surface area contributed by atoms with Crippen molar-refractivity contribution in [3.63, 3.8) is 0 Å². The second kappa shape index (κ2) is 5.97. The van der Waals surface area contributed by atoms with Gasteiger partial charge in [0, 0.05) is 17.9 Å². The number of phenolic OH excluding ortho intramolecular Hbond substituents is 1. The average molecular weight is 298 g/mol. The van der Waals surface area contributed by atoms with Gasteiger partial charge in [0.25, 0.3) is 5.91 Å². The van der Waals surface area contributed by atoms with Crippen LogP contribution in [0.25, 0.3) is 0 Å². The van der Waals surface area contributed by atoms with E-state index in [4.69, 9.17) is 4.74 Å². The molecule has 1 aliphatic rings. The Morgan fingerprint density at radius 1 is 1.27 bits per heavy atom. The summed E-state index contributed by atoms with van der Waals surface area (Å²) < 4.78 is 5.04. The Hall–Kier alpha value is -2.69. The van der Waals surface area contributed by atoms with Crippen molar-refractivity contribution in [2.75, 3.05) is 24.3 Å². The van der Waals surface area contributed by atoms with Gasteiger partial charge in [-0.3, -0.25) is 4.79 Å². The third-order valence-electron chi connectivity index (χ3n) is 3.81. The number of carbonyl (C=O) groups excluding carboxylic acids is 1. The molecule has 0 bridgehead atoms. The summed E-state index contributed by atoms with van der Waals surface area (Å²) in [4.78, 5) is 12.4. The van der Waals surface area contributed by atoms with E-state index in [-0.39, 0.29) is 23.0 Å². The molecule has 0 aliphatic carbocycles. The van der Waals surface area contributed by atoms with Crippen LogP contribution in [0.4, 0.5) is 11.4 Å². The number of anilines is 2. The van der Waals surface area contributed by atoms with E-state index in [9.17, 15) is 9.90 Å². The molecule has 2 aromatic carbocycles. The zero-order valence-corrected chi connectivity index (χ0v) is 12.3. The Morgan fingerprint density at radius 3 is 2.91 bits per heavy atom. The molecule has 3 N–H and O–H groups in total. The minimum absolute atomic E-state index is 0.148. The number of aromatic hydroxyl groups is 1. The maximum absolute atomic E-state index is 12.4. The number of phenols is 1. The first-order valence-electron chi connectivity index (χ1n) is 7.24. The number of benzene rings is 2. The smallest absolute Gasteiger partial charge is 0.259 e. The molecule has 2 aromatic rings. The van der Waals surface area contributed by atoms with Gasteiger partial charge in [0.15, 0.2) is 11.5 Å². The molecular weight excluding hydrogens is 280 g/mol. The van der Waals surface area contributed by atoms with Gasteiger partial charge < -0.3 is 20.5 Å². The fraction of sp³-hybridized carbons (Fsp3) is 0.235. The summed E-state index contributed by atoms with van der Waals surface area (Å²) in [6.07, 6.45) is 1.95. The molecule has 22 heavy (non-hydrogen) atoms. The Morgan fingerprint density at radius 2 is 2.09 bits per heavy atom. The van der Waals surface area contributed by atoms with Crippen LogP contribution >= 0.6 is 0 Å². The summed E-state index contributed by atoms with van der Waals surface area (Å²) >= 11 is 0. The molecule has 3 rings (SSSR count). The second-order valence-corrected chi connectivity index (χ2v) is 5.17. The third kappa shape index (κ3) is 2.57. The standard InChI is InChI=1S/C17H18N2O3/c1-22-15-9-2-5-12(16(15)20)17(21)19-14-8-3-7-13-11(14)6-4-10-18-13/h2-3,5,7-9,18,20H,4,6,10H2,1H3,(H,19,21). The normalized spacial score (nSPS) is 13.0. The molecule has 0 unspecified atom stereocenters. The van der Waals surface area contributed by atoms with E-state index in [1.54, 1.807) is 18.2 Å². The van der Waals surface area contributed by atoms with E-state index < -0.39 is 0 Å². The number of carbonyl (C=O) groups is 1. The second-order valence-electron chi connectivity index (χ2n) is 5.17. The molecular formula is C17H18N2O3. The van der Waals surface area contributed by atoms with Crippen molar-refractivity contribution >= 4 is 17.3 Å². The number of hydrogen-bond acceptors (Lipinski definition) is 4. The van der Waals surface area contributed by atoms with Crippen molar-refractivity contribution in [2.24, 2.45) is 0 Å². The molecule has 114 valence electrons. The van der Waals surface area contributed by atoms with Crippen molar-refractivity contribution in [3.05, 3.63) is 47.5 Å². The molecule has 0 fully saturated rings. The van der Waals surface area contributed by atoms with Crippen LogP contribution in [0.1, 0.15) is 22.3 Å². The highest BCUT2D eigenvalue weighted by molar-refractivity contribution is 6.07. The van der Waals surface area contributed by atoms with Crippen LogP contribution in [-0.4, -0.2) is 24.7 Å². The monoisotopic (exact) mass is 298 g/mol. The van der Waals surface area contributed by atoms with Gasteiger partial charge in [-0.15, -0.1) is 0 Å². The fourth-order valence-electron chi connectivity index (χ4n) is 2.69. The largest absolute Gasteiger partial charge is 0.504 e. The van der Waals surface area contributed by atoms with Crippen LogP contribution in [0.3, 0.4) is 0 Å². The van der Waals surface area contributed by atoms with Crippen molar-refractivity contribution < 1.29 is 14.6 Å². The summed E-state index contributed by atoms with van der Waals surface area (Å²) in [5, 5.41) is 16.3. The van der Waals surface area contributed by atoms with Crippen molar-refractivity contribution in [2.45, 2.75) is 12.8 Å². The van der Waals surface area contributed by atoms with Crippen LogP contribution in [0.2, 0.25) is 0 Å². The maximum atomic E-state index is 12.4. The van der Waals surface area contributed by atoms with Gasteiger partial charge in [-0.05, 0) is 42.7 Å². The molecule has 0 atom stereocenters. The van der Waals surface area contributed by atoms with E-state index in [1.165, 1.54) is 7.11 Å². The minimum Gasteiger partial charge on any atom is -0.504 e. The lowest BCUT2D eigenvalue weighted by Crippen LogP contribution is -2.17. The van der Waals surface area contributed by atoms with Crippen LogP contribution in [0.15, 0.2) is 36.4 Å². The molecule has 0 saturated heterocycles. The van der Waals surface area contributed by atoms with Gasteiger partial charge in [-0.25, -0.2) is 0 Å². The zero-order chi connectivity index (χ0) is 15.5. The van der Waals surface area contributed by atoms with E-state index in [2.05, 4.69) is 10.6 Å². The summed E-state index contributed by atoms with van der Waals surface area (Å²) in [5.74, 6) is -0.217. The van der Waals surface area contributed by atoms with Crippen LogP contribution in [0.5, 0.6) is 11.5 Å². The number of hydrogen-bond donors (Lipinski definition) is 3.